The van der Waals surface area contributed by atoms with Gasteiger partial charge in [-0.1, -0.05) is 18.2 Å². The zero-order valence-corrected chi connectivity index (χ0v) is 11.5. The molecular weight excluding hydrogens is 266 g/mol. The second-order valence-corrected chi connectivity index (χ2v) is 4.98. The molecule has 0 saturated heterocycles. The summed E-state index contributed by atoms with van der Waals surface area (Å²) in [5.74, 6) is 0.422. The number of carboxylic acids is 1. The second-order valence-electron chi connectivity index (χ2n) is 3.83. The summed E-state index contributed by atoms with van der Waals surface area (Å²) in [4.78, 5) is 21.7. The van der Waals surface area contributed by atoms with Gasteiger partial charge in [-0.25, -0.2) is 4.79 Å². The minimum atomic E-state index is -1.02. The number of aliphatic carboxylic acids is 1. The maximum absolute atomic E-state index is 10.9. The van der Waals surface area contributed by atoms with Gasteiger partial charge in [-0.15, -0.1) is 0 Å². The predicted octanol–water partition coefficient (Wildman–Crippen LogP) is 1.39. The van der Waals surface area contributed by atoms with Crippen LogP contribution in [0.3, 0.4) is 0 Å². The molecule has 0 bridgehead atoms. The molecule has 0 radical (unpaired) electrons. The van der Waals surface area contributed by atoms with Crippen LogP contribution in [0.15, 0.2) is 30.3 Å². The van der Waals surface area contributed by atoms with Crippen molar-refractivity contribution < 1.29 is 19.4 Å². The van der Waals surface area contributed by atoms with E-state index < -0.39 is 12.0 Å². The van der Waals surface area contributed by atoms with Gasteiger partial charge in [-0.3, -0.25) is 4.79 Å². The lowest BCUT2D eigenvalue weighted by atomic mass is 10.3. The number of nitrogens with one attached hydrogen (secondary N) is 1. The molecule has 0 aromatic heterocycles. The Bertz CT molecular complexity index is 410. The summed E-state index contributed by atoms with van der Waals surface area (Å²) in [6, 6.07) is 8.56. The third-order valence-electron chi connectivity index (χ3n) is 2.20. The van der Waals surface area contributed by atoms with Crippen molar-refractivity contribution in [2.24, 2.45) is 0 Å². The van der Waals surface area contributed by atoms with Crippen LogP contribution in [0.2, 0.25) is 0 Å². The van der Waals surface area contributed by atoms with E-state index in [0.717, 1.165) is 5.75 Å². The van der Waals surface area contributed by atoms with E-state index in [4.69, 9.17) is 9.84 Å². The molecule has 1 atom stereocenters. The number of ether oxygens (including phenoxy) is 1. The Kier molecular flexibility index (Phi) is 6.81. The highest BCUT2D eigenvalue weighted by Gasteiger charge is 2.17. The Morgan fingerprint density at radius 1 is 1.37 bits per heavy atom. The summed E-state index contributed by atoms with van der Waals surface area (Å²) in [7, 11) is 0. The minimum Gasteiger partial charge on any atom is -0.493 e. The fourth-order valence-electron chi connectivity index (χ4n) is 1.36. The molecule has 19 heavy (non-hydrogen) atoms. The quantitative estimate of drug-likeness (QED) is 0.705. The van der Waals surface area contributed by atoms with E-state index in [2.05, 4.69) is 5.32 Å². The highest BCUT2D eigenvalue weighted by molar-refractivity contribution is 7.99. The number of carboxylic acid groups (broad SMARTS) is 1. The van der Waals surface area contributed by atoms with Gasteiger partial charge in [0, 0.05) is 18.4 Å². The highest BCUT2D eigenvalue weighted by Crippen LogP contribution is 2.10. The number of carbonyl (C=O) groups is 2. The van der Waals surface area contributed by atoms with Gasteiger partial charge >= 0.3 is 5.97 Å². The molecule has 1 aromatic rings. The molecule has 5 nitrogen and oxygen atoms in total. The molecule has 2 N–H and O–H groups in total. The summed E-state index contributed by atoms with van der Waals surface area (Å²) in [5.41, 5.74) is 0. The summed E-state index contributed by atoms with van der Waals surface area (Å²) in [6.45, 7) is 1.81. The summed E-state index contributed by atoms with van der Waals surface area (Å²) in [5, 5.41) is 11.3. The van der Waals surface area contributed by atoms with E-state index in [-0.39, 0.29) is 5.91 Å². The lowest BCUT2D eigenvalue weighted by Crippen LogP contribution is -2.41. The largest absolute Gasteiger partial charge is 0.493 e. The lowest BCUT2D eigenvalue weighted by molar-refractivity contribution is -0.140. The molecule has 0 aliphatic heterocycles. The SMILES string of the molecule is CC(=O)N[C@@H](CSCCOc1ccccc1)C(=O)O. The average molecular weight is 283 g/mol. The van der Waals surface area contributed by atoms with Gasteiger partial charge in [-0.2, -0.15) is 11.8 Å². The molecule has 0 aliphatic rings. The van der Waals surface area contributed by atoms with Crippen LogP contribution < -0.4 is 10.1 Å². The lowest BCUT2D eigenvalue weighted by Gasteiger charge is -2.12. The number of thioether (sulfide) groups is 1. The van der Waals surface area contributed by atoms with E-state index in [0.29, 0.717) is 18.1 Å². The first kappa shape index (κ1) is 15.4. The first-order valence-electron chi connectivity index (χ1n) is 5.85. The van der Waals surface area contributed by atoms with Crippen molar-refractivity contribution in [1.82, 2.24) is 5.32 Å². The van der Waals surface area contributed by atoms with E-state index in [1.807, 2.05) is 30.3 Å². The molecule has 1 amide bonds. The Labute approximate surface area is 116 Å². The van der Waals surface area contributed by atoms with Gasteiger partial charge in [0.25, 0.3) is 0 Å². The first-order chi connectivity index (χ1) is 9.09. The van der Waals surface area contributed by atoms with Crippen LogP contribution in [0, 0.1) is 0 Å². The number of hydrogen-bond acceptors (Lipinski definition) is 4. The molecule has 0 saturated carbocycles. The Morgan fingerprint density at radius 3 is 2.63 bits per heavy atom. The molecule has 0 fully saturated rings. The van der Waals surface area contributed by atoms with Crippen LogP contribution in [0.25, 0.3) is 0 Å². The zero-order valence-electron chi connectivity index (χ0n) is 10.7. The van der Waals surface area contributed by atoms with E-state index >= 15 is 0 Å². The van der Waals surface area contributed by atoms with Crippen molar-refractivity contribution in [3.63, 3.8) is 0 Å². The molecule has 1 aromatic carbocycles. The summed E-state index contributed by atoms with van der Waals surface area (Å²) >= 11 is 1.43. The molecule has 1 rings (SSSR count). The summed E-state index contributed by atoms with van der Waals surface area (Å²) < 4.78 is 5.47. The third-order valence-corrected chi connectivity index (χ3v) is 3.22. The van der Waals surface area contributed by atoms with Gasteiger partial charge in [0.05, 0.1) is 6.61 Å². The first-order valence-corrected chi connectivity index (χ1v) is 7.00. The van der Waals surface area contributed by atoms with Crippen molar-refractivity contribution >= 4 is 23.6 Å². The Hall–Kier alpha value is -1.69. The van der Waals surface area contributed by atoms with Crippen LogP contribution in [0.4, 0.5) is 0 Å². The number of amides is 1. The smallest absolute Gasteiger partial charge is 0.327 e. The molecule has 0 unspecified atom stereocenters. The van der Waals surface area contributed by atoms with E-state index in [1.165, 1.54) is 18.7 Å². The molecule has 104 valence electrons. The predicted molar refractivity (Wildman–Crippen MR) is 74.5 cm³/mol. The second kappa shape index (κ2) is 8.42. The van der Waals surface area contributed by atoms with Crippen LogP contribution in [-0.4, -0.2) is 41.1 Å². The fourth-order valence-corrected chi connectivity index (χ4v) is 2.19. The van der Waals surface area contributed by atoms with Crippen LogP contribution in [0.1, 0.15) is 6.92 Å². The minimum absolute atomic E-state index is 0.326. The van der Waals surface area contributed by atoms with Crippen LogP contribution >= 0.6 is 11.8 Å². The molecule has 0 spiro atoms. The van der Waals surface area contributed by atoms with E-state index in [9.17, 15) is 9.59 Å². The van der Waals surface area contributed by atoms with Crippen molar-refractivity contribution in [3.05, 3.63) is 30.3 Å². The molecular formula is C13H17NO4S. The molecule has 0 heterocycles. The van der Waals surface area contributed by atoms with Crippen molar-refractivity contribution in [3.8, 4) is 5.75 Å². The molecule has 0 aliphatic carbocycles. The number of para-hydroxylation sites is 1. The van der Waals surface area contributed by atoms with Crippen molar-refractivity contribution in [2.75, 3.05) is 18.1 Å². The number of carbonyl (C=O) groups excluding carboxylic acids is 1. The van der Waals surface area contributed by atoms with Gasteiger partial charge in [-0.05, 0) is 12.1 Å². The van der Waals surface area contributed by atoms with E-state index in [1.54, 1.807) is 0 Å². The third kappa shape index (κ3) is 6.71. The molecule has 6 heteroatoms. The highest BCUT2D eigenvalue weighted by atomic mass is 32.2. The standard InChI is InChI=1S/C13H17NO4S/c1-10(15)14-12(13(16)17)9-19-8-7-18-11-5-3-2-4-6-11/h2-6,12H,7-9H2,1H3,(H,14,15)(H,16,17)/t12-/m0/s1. The van der Waals surface area contributed by atoms with Crippen LogP contribution in [0.5, 0.6) is 5.75 Å². The number of rotatable bonds is 8. The maximum Gasteiger partial charge on any atom is 0.327 e. The topological polar surface area (TPSA) is 75.6 Å². The zero-order chi connectivity index (χ0) is 14.1. The van der Waals surface area contributed by atoms with Gasteiger partial charge < -0.3 is 15.2 Å². The van der Waals surface area contributed by atoms with Gasteiger partial charge in [0.2, 0.25) is 5.91 Å². The summed E-state index contributed by atoms with van der Waals surface area (Å²) in [6.07, 6.45) is 0. The average Bonchev–Trinajstić information content (AvgIpc) is 2.37. The van der Waals surface area contributed by atoms with Gasteiger partial charge in [0.15, 0.2) is 0 Å². The maximum atomic E-state index is 10.9. The van der Waals surface area contributed by atoms with Crippen molar-refractivity contribution in [2.45, 2.75) is 13.0 Å². The Morgan fingerprint density at radius 2 is 2.05 bits per heavy atom. The number of hydrogen-bond donors (Lipinski definition) is 2. The monoisotopic (exact) mass is 283 g/mol. The van der Waals surface area contributed by atoms with Crippen LogP contribution in [-0.2, 0) is 9.59 Å². The number of benzene rings is 1. The normalized spacial score (nSPS) is 11.6. The van der Waals surface area contributed by atoms with Crippen molar-refractivity contribution in [1.29, 1.82) is 0 Å². The fraction of sp³-hybridized carbons (Fsp3) is 0.385. The van der Waals surface area contributed by atoms with Gasteiger partial charge in [0.1, 0.15) is 11.8 Å². The Balaban J connectivity index is 2.18.